The molecule has 0 saturated carbocycles. The zero-order chi connectivity index (χ0) is 19.1. The smallest absolute Gasteiger partial charge is 0.123 e. The molecule has 6 heteroatoms. The lowest BCUT2D eigenvalue weighted by Gasteiger charge is -2.15. The maximum Gasteiger partial charge on any atom is 0.123 e. The van der Waals surface area contributed by atoms with Crippen molar-refractivity contribution in [3.05, 3.63) is 59.6 Å². The van der Waals surface area contributed by atoms with Crippen LogP contribution in [0.5, 0.6) is 17.2 Å². The molecule has 27 heavy (non-hydrogen) atoms. The van der Waals surface area contributed by atoms with Gasteiger partial charge in [0.25, 0.3) is 0 Å². The number of ether oxygens (including phenoxy) is 3. The van der Waals surface area contributed by atoms with E-state index in [1.54, 1.807) is 25.6 Å². The molecule has 0 N–H and O–H groups in total. The molecule has 142 valence electrons. The van der Waals surface area contributed by atoms with Gasteiger partial charge in [-0.25, -0.2) is 4.98 Å². The molecular formula is C21H24N2O3S. The molecule has 3 rings (SSSR count). The molecule has 2 aromatic carbocycles. The van der Waals surface area contributed by atoms with Gasteiger partial charge < -0.3 is 14.2 Å². The molecule has 1 heterocycles. The van der Waals surface area contributed by atoms with Crippen LogP contribution in [0.4, 0.5) is 0 Å². The highest BCUT2D eigenvalue weighted by atomic mass is 32.1. The van der Waals surface area contributed by atoms with Crippen molar-refractivity contribution in [3.63, 3.8) is 0 Å². The first-order valence-corrected chi connectivity index (χ1v) is 9.60. The Kier molecular flexibility index (Phi) is 6.68. The van der Waals surface area contributed by atoms with Crippen molar-refractivity contribution in [1.29, 1.82) is 0 Å². The molecule has 5 nitrogen and oxygen atoms in total. The van der Waals surface area contributed by atoms with Crippen molar-refractivity contribution in [2.24, 2.45) is 0 Å². The van der Waals surface area contributed by atoms with Crippen LogP contribution in [0.1, 0.15) is 5.69 Å². The van der Waals surface area contributed by atoms with E-state index in [9.17, 15) is 0 Å². The van der Waals surface area contributed by atoms with Gasteiger partial charge in [0.1, 0.15) is 28.9 Å². The molecule has 0 saturated heterocycles. The third-order valence-corrected chi connectivity index (χ3v) is 5.06. The third kappa shape index (κ3) is 5.45. The molecule has 0 unspecified atom stereocenters. The maximum atomic E-state index is 5.78. The largest absolute Gasteiger partial charge is 0.497 e. The summed E-state index contributed by atoms with van der Waals surface area (Å²) in [6.45, 7) is 2.23. The second-order valence-electron chi connectivity index (χ2n) is 6.13. The first-order valence-electron chi connectivity index (χ1n) is 8.72. The molecule has 0 spiro atoms. The first kappa shape index (κ1) is 19.2. The van der Waals surface area contributed by atoms with Crippen LogP contribution in [-0.4, -0.2) is 44.3 Å². The Morgan fingerprint density at radius 3 is 2.11 bits per heavy atom. The number of methoxy groups -OCH3 is 2. The number of nitrogens with zero attached hydrogens (tertiary/aromatic N) is 2. The molecule has 1 aromatic heterocycles. The first-order chi connectivity index (χ1) is 13.2. The summed E-state index contributed by atoms with van der Waals surface area (Å²) in [4.78, 5) is 6.95. The van der Waals surface area contributed by atoms with Crippen molar-refractivity contribution < 1.29 is 14.2 Å². The van der Waals surface area contributed by atoms with Crippen molar-refractivity contribution in [2.45, 2.75) is 6.54 Å². The van der Waals surface area contributed by atoms with Gasteiger partial charge in [0.15, 0.2) is 0 Å². The zero-order valence-electron chi connectivity index (χ0n) is 15.8. The molecule has 0 atom stereocenters. The second kappa shape index (κ2) is 9.39. The van der Waals surface area contributed by atoms with Crippen LogP contribution in [0, 0.1) is 0 Å². The highest BCUT2D eigenvalue weighted by Crippen LogP contribution is 2.26. The van der Waals surface area contributed by atoms with E-state index in [2.05, 4.69) is 17.3 Å². The van der Waals surface area contributed by atoms with Crippen LogP contribution >= 0.6 is 11.3 Å². The van der Waals surface area contributed by atoms with Gasteiger partial charge in [0, 0.05) is 24.0 Å². The minimum absolute atomic E-state index is 0.623. The SMILES string of the molecule is COc1ccc(OCCN(C)Cc2csc(-c3ccc(OC)cc3)n2)cc1. The lowest BCUT2D eigenvalue weighted by molar-refractivity contribution is 0.231. The van der Waals surface area contributed by atoms with Gasteiger partial charge in [-0.05, 0) is 55.6 Å². The average Bonchev–Trinajstić information content (AvgIpc) is 3.17. The van der Waals surface area contributed by atoms with E-state index in [1.165, 1.54) is 0 Å². The molecule has 0 aliphatic rings. The van der Waals surface area contributed by atoms with E-state index >= 15 is 0 Å². The van der Waals surface area contributed by atoms with Crippen LogP contribution in [0.15, 0.2) is 53.9 Å². The topological polar surface area (TPSA) is 43.8 Å². The van der Waals surface area contributed by atoms with Crippen LogP contribution in [0.2, 0.25) is 0 Å². The number of thiazole rings is 1. The molecule has 0 aliphatic carbocycles. The molecule has 0 aliphatic heterocycles. The Morgan fingerprint density at radius 2 is 1.48 bits per heavy atom. The van der Waals surface area contributed by atoms with Crippen LogP contribution in [0.25, 0.3) is 10.6 Å². The van der Waals surface area contributed by atoms with Crippen LogP contribution in [-0.2, 0) is 6.54 Å². The van der Waals surface area contributed by atoms with E-state index in [0.717, 1.165) is 46.6 Å². The number of aromatic nitrogens is 1. The second-order valence-corrected chi connectivity index (χ2v) is 6.99. The predicted molar refractivity (Wildman–Crippen MR) is 109 cm³/mol. The Balaban J connectivity index is 1.47. The van der Waals surface area contributed by atoms with E-state index in [1.807, 2.05) is 48.5 Å². The fraction of sp³-hybridized carbons (Fsp3) is 0.286. The summed E-state index contributed by atoms with van der Waals surface area (Å²) in [5.41, 5.74) is 2.18. The number of likely N-dealkylation sites (N-methyl/N-ethyl adjacent to an activating group) is 1. The van der Waals surface area contributed by atoms with Gasteiger partial charge in [0.2, 0.25) is 0 Å². The zero-order valence-corrected chi connectivity index (χ0v) is 16.7. The number of hydrogen-bond acceptors (Lipinski definition) is 6. The van der Waals surface area contributed by atoms with Crippen molar-refractivity contribution in [3.8, 4) is 27.8 Å². The Bertz CT molecular complexity index is 831. The predicted octanol–water partition coefficient (Wildman–Crippen LogP) is 4.34. The fourth-order valence-electron chi connectivity index (χ4n) is 2.59. The highest BCUT2D eigenvalue weighted by molar-refractivity contribution is 7.13. The van der Waals surface area contributed by atoms with Gasteiger partial charge in [-0.2, -0.15) is 0 Å². The van der Waals surface area contributed by atoms with Gasteiger partial charge in [-0.1, -0.05) is 0 Å². The van der Waals surface area contributed by atoms with E-state index in [-0.39, 0.29) is 0 Å². The van der Waals surface area contributed by atoms with Crippen molar-refractivity contribution in [2.75, 3.05) is 34.4 Å². The molecule has 0 bridgehead atoms. The van der Waals surface area contributed by atoms with E-state index in [4.69, 9.17) is 19.2 Å². The van der Waals surface area contributed by atoms with Gasteiger partial charge in [0.05, 0.1) is 19.9 Å². The quantitative estimate of drug-likeness (QED) is 0.549. The Labute approximate surface area is 164 Å². The van der Waals surface area contributed by atoms with Gasteiger partial charge in [-0.15, -0.1) is 11.3 Å². The lowest BCUT2D eigenvalue weighted by Crippen LogP contribution is -2.24. The fourth-order valence-corrected chi connectivity index (χ4v) is 3.41. The normalized spacial score (nSPS) is 10.8. The maximum absolute atomic E-state index is 5.78. The summed E-state index contributed by atoms with van der Waals surface area (Å²) in [7, 11) is 5.40. The third-order valence-electron chi connectivity index (χ3n) is 4.12. The number of rotatable bonds is 9. The van der Waals surface area contributed by atoms with Gasteiger partial charge in [-0.3, -0.25) is 4.90 Å². The Hall–Kier alpha value is -2.57. The summed E-state index contributed by atoms with van der Waals surface area (Å²) in [6, 6.07) is 15.6. The standard InChI is InChI=1S/C21H24N2O3S/c1-23(12-13-26-20-10-8-19(25-3)9-11-20)14-17-15-27-21(22-17)16-4-6-18(24-2)7-5-16/h4-11,15H,12-14H2,1-3H3. The van der Waals surface area contributed by atoms with Crippen LogP contribution < -0.4 is 14.2 Å². The van der Waals surface area contributed by atoms with Crippen LogP contribution in [0.3, 0.4) is 0 Å². The molecular weight excluding hydrogens is 360 g/mol. The summed E-state index contributed by atoms with van der Waals surface area (Å²) in [6.07, 6.45) is 0. The monoisotopic (exact) mass is 384 g/mol. The van der Waals surface area contributed by atoms with Crippen molar-refractivity contribution >= 4 is 11.3 Å². The summed E-state index contributed by atoms with van der Waals surface area (Å²) < 4.78 is 16.1. The summed E-state index contributed by atoms with van der Waals surface area (Å²) in [5, 5.41) is 3.14. The molecule has 0 fully saturated rings. The lowest BCUT2D eigenvalue weighted by atomic mass is 10.2. The highest BCUT2D eigenvalue weighted by Gasteiger charge is 2.08. The molecule has 0 amide bonds. The average molecular weight is 385 g/mol. The Morgan fingerprint density at radius 1 is 0.889 bits per heavy atom. The van der Waals surface area contributed by atoms with E-state index in [0.29, 0.717) is 6.61 Å². The minimum atomic E-state index is 0.623. The summed E-state index contributed by atoms with van der Waals surface area (Å²) >= 11 is 1.66. The number of hydrogen-bond donors (Lipinski definition) is 0. The van der Waals surface area contributed by atoms with Crippen molar-refractivity contribution in [1.82, 2.24) is 9.88 Å². The molecule has 3 aromatic rings. The van der Waals surface area contributed by atoms with E-state index < -0.39 is 0 Å². The number of benzene rings is 2. The summed E-state index contributed by atoms with van der Waals surface area (Å²) in [5.74, 6) is 2.53. The minimum Gasteiger partial charge on any atom is -0.497 e. The molecule has 0 radical (unpaired) electrons. The van der Waals surface area contributed by atoms with Gasteiger partial charge >= 0.3 is 0 Å².